The first-order chi connectivity index (χ1) is 13.5. The molecule has 3 rings (SSSR count). The van der Waals surface area contributed by atoms with Crippen LogP contribution in [0.3, 0.4) is 0 Å². The van der Waals surface area contributed by atoms with Gasteiger partial charge in [-0.2, -0.15) is 0 Å². The van der Waals surface area contributed by atoms with Gasteiger partial charge < -0.3 is 5.32 Å². The van der Waals surface area contributed by atoms with Crippen LogP contribution in [-0.4, -0.2) is 16.6 Å². The van der Waals surface area contributed by atoms with Crippen LogP contribution in [0.2, 0.25) is 0 Å². The Kier molecular flexibility index (Phi) is 6.04. The number of nitrogens with one attached hydrogen (secondary N) is 1. The number of hydrogen-bond donors (Lipinski definition) is 1. The number of pyridine rings is 1. The molecule has 152 valence electrons. The number of hydrogen-bond acceptors (Lipinski definition) is 3. The summed E-state index contributed by atoms with van der Waals surface area (Å²) in [5.74, 6) is 0.312. The molecule has 0 saturated carbocycles. The first-order valence-corrected chi connectivity index (χ1v) is 11.0. The third-order valence-corrected chi connectivity index (χ3v) is 5.80. The quantitative estimate of drug-likeness (QED) is 0.499. The lowest BCUT2D eigenvalue weighted by Crippen LogP contribution is -2.19. The predicted octanol–water partition coefficient (Wildman–Crippen LogP) is 6.56. The molecule has 4 heteroatoms. The van der Waals surface area contributed by atoms with Gasteiger partial charge in [0, 0.05) is 11.1 Å². The second-order valence-electron chi connectivity index (χ2n) is 9.48. The van der Waals surface area contributed by atoms with E-state index in [0.717, 1.165) is 21.6 Å². The van der Waals surface area contributed by atoms with Gasteiger partial charge in [-0.1, -0.05) is 83.6 Å². The SMILES string of the molecule is CC(C)(C)c1cc(NC(=O)CSc2ccc3ccccc3n2)cc(C(C)(C)C)c1. The maximum Gasteiger partial charge on any atom is 0.234 e. The van der Waals surface area contributed by atoms with E-state index in [1.807, 2.05) is 36.4 Å². The third kappa shape index (κ3) is 5.60. The van der Waals surface area contributed by atoms with Gasteiger partial charge in [0.2, 0.25) is 5.91 Å². The van der Waals surface area contributed by atoms with Gasteiger partial charge in [-0.15, -0.1) is 0 Å². The molecule has 0 atom stereocenters. The topological polar surface area (TPSA) is 42.0 Å². The Hall–Kier alpha value is -2.33. The minimum absolute atomic E-state index is 0.0177. The van der Waals surface area contributed by atoms with E-state index in [4.69, 9.17) is 0 Å². The van der Waals surface area contributed by atoms with Crippen LogP contribution in [0.5, 0.6) is 0 Å². The summed E-state index contributed by atoms with van der Waals surface area (Å²) in [6.45, 7) is 13.2. The van der Waals surface area contributed by atoms with Crippen LogP contribution in [0.4, 0.5) is 5.69 Å². The molecule has 0 radical (unpaired) electrons. The Balaban J connectivity index is 1.73. The van der Waals surface area contributed by atoms with Crippen molar-refractivity contribution in [3.05, 3.63) is 65.7 Å². The van der Waals surface area contributed by atoms with Gasteiger partial charge >= 0.3 is 0 Å². The third-order valence-electron chi connectivity index (χ3n) is 4.87. The highest BCUT2D eigenvalue weighted by atomic mass is 32.2. The lowest BCUT2D eigenvalue weighted by molar-refractivity contribution is -0.113. The van der Waals surface area contributed by atoms with E-state index in [1.54, 1.807) is 0 Å². The highest BCUT2D eigenvalue weighted by molar-refractivity contribution is 7.99. The van der Waals surface area contributed by atoms with Crippen LogP contribution in [0.1, 0.15) is 52.7 Å². The van der Waals surface area contributed by atoms with Crippen LogP contribution < -0.4 is 5.32 Å². The molecule has 1 amide bonds. The van der Waals surface area contributed by atoms with E-state index in [2.05, 4.69) is 70.0 Å². The number of para-hydroxylation sites is 1. The minimum Gasteiger partial charge on any atom is -0.325 e. The Morgan fingerprint density at radius 1 is 0.897 bits per heavy atom. The number of anilines is 1. The summed E-state index contributed by atoms with van der Waals surface area (Å²) in [5, 5.41) is 5.05. The molecule has 0 unspecified atom stereocenters. The van der Waals surface area contributed by atoms with E-state index in [-0.39, 0.29) is 16.7 Å². The zero-order chi connectivity index (χ0) is 21.2. The first-order valence-electron chi connectivity index (χ1n) is 9.97. The number of aromatic nitrogens is 1. The Labute approximate surface area is 178 Å². The summed E-state index contributed by atoms with van der Waals surface area (Å²) >= 11 is 1.46. The average molecular weight is 407 g/mol. The number of carbonyl (C=O) groups is 1. The summed E-state index contributed by atoms with van der Waals surface area (Å²) in [5.41, 5.74) is 4.30. The van der Waals surface area contributed by atoms with E-state index < -0.39 is 0 Å². The molecule has 2 aromatic carbocycles. The van der Waals surface area contributed by atoms with Gasteiger partial charge in [0.1, 0.15) is 0 Å². The molecule has 0 bridgehead atoms. The average Bonchev–Trinajstić information content (AvgIpc) is 2.64. The van der Waals surface area contributed by atoms with Crippen LogP contribution in [0.25, 0.3) is 10.9 Å². The molecule has 1 heterocycles. The fourth-order valence-electron chi connectivity index (χ4n) is 3.03. The smallest absolute Gasteiger partial charge is 0.234 e. The minimum atomic E-state index is -0.0177. The second-order valence-corrected chi connectivity index (χ2v) is 10.5. The first kappa shape index (κ1) is 21.4. The second kappa shape index (κ2) is 8.19. The summed E-state index contributed by atoms with van der Waals surface area (Å²) in [7, 11) is 0. The zero-order valence-corrected chi connectivity index (χ0v) is 19.0. The van der Waals surface area contributed by atoms with Crippen molar-refractivity contribution in [3.63, 3.8) is 0 Å². The van der Waals surface area contributed by atoms with Gasteiger partial charge in [-0.3, -0.25) is 4.79 Å². The standard InChI is InChI=1S/C25H30N2OS/c1-24(2,3)18-13-19(25(4,5)6)15-20(14-18)26-22(28)16-29-23-12-11-17-9-7-8-10-21(17)27-23/h7-15H,16H2,1-6H3,(H,26,28). The lowest BCUT2D eigenvalue weighted by Gasteiger charge is -2.26. The van der Waals surface area contributed by atoms with Crippen molar-refractivity contribution >= 4 is 34.3 Å². The van der Waals surface area contributed by atoms with Crippen LogP contribution in [0, 0.1) is 0 Å². The molecule has 0 fully saturated rings. The highest BCUT2D eigenvalue weighted by Crippen LogP contribution is 2.32. The number of thioether (sulfide) groups is 1. The van der Waals surface area contributed by atoms with Crippen molar-refractivity contribution in [2.24, 2.45) is 0 Å². The monoisotopic (exact) mass is 406 g/mol. The normalized spacial score (nSPS) is 12.2. The lowest BCUT2D eigenvalue weighted by atomic mass is 9.80. The maximum absolute atomic E-state index is 12.6. The molecule has 0 saturated heterocycles. The van der Waals surface area contributed by atoms with Gasteiger partial charge in [0.05, 0.1) is 16.3 Å². The highest BCUT2D eigenvalue weighted by Gasteiger charge is 2.21. The molecule has 3 nitrogen and oxygen atoms in total. The van der Waals surface area contributed by atoms with Crippen LogP contribution in [-0.2, 0) is 15.6 Å². The van der Waals surface area contributed by atoms with Gasteiger partial charge in [-0.25, -0.2) is 4.98 Å². The van der Waals surface area contributed by atoms with Gasteiger partial charge in [0.25, 0.3) is 0 Å². The summed E-state index contributed by atoms with van der Waals surface area (Å²) in [6.07, 6.45) is 0. The summed E-state index contributed by atoms with van der Waals surface area (Å²) < 4.78 is 0. The maximum atomic E-state index is 12.6. The fraction of sp³-hybridized carbons (Fsp3) is 0.360. The van der Waals surface area contributed by atoms with Gasteiger partial charge in [-0.05, 0) is 46.2 Å². The fourth-order valence-corrected chi connectivity index (χ4v) is 3.71. The molecule has 1 aromatic heterocycles. The van der Waals surface area contributed by atoms with Crippen LogP contribution in [0.15, 0.2) is 59.6 Å². The predicted molar refractivity (Wildman–Crippen MR) is 125 cm³/mol. The molecule has 29 heavy (non-hydrogen) atoms. The zero-order valence-electron chi connectivity index (χ0n) is 18.2. The summed E-state index contributed by atoms with van der Waals surface area (Å²) in [4.78, 5) is 17.2. The molecular formula is C25H30N2OS. The molecule has 1 N–H and O–H groups in total. The number of amides is 1. The number of nitrogens with zero attached hydrogens (tertiary/aromatic N) is 1. The van der Waals surface area contributed by atoms with E-state index >= 15 is 0 Å². The molecule has 0 aliphatic rings. The van der Waals surface area contributed by atoms with Crippen molar-refractivity contribution in [3.8, 4) is 0 Å². The molecule has 3 aromatic rings. The van der Waals surface area contributed by atoms with Crippen molar-refractivity contribution in [1.82, 2.24) is 4.98 Å². The number of fused-ring (bicyclic) bond motifs is 1. The molecule has 0 aliphatic heterocycles. The number of rotatable bonds is 4. The van der Waals surface area contributed by atoms with Crippen molar-refractivity contribution < 1.29 is 4.79 Å². The number of benzene rings is 2. The molecule has 0 aliphatic carbocycles. The molecule has 0 spiro atoms. The van der Waals surface area contributed by atoms with Gasteiger partial charge in [0.15, 0.2) is 0 Å². The number of carbonyl (C=O) groups excluding carboxylic acids is 1. The Morgan fingerprint density at radius 2 is 1.52 bits per heavy atom. The summed E-state index contributed by atoms with van der Waals surface area (Å²) in [6, 6.07) is 18.5. The van der Waals surface area contributed by atoms with Crippen LogP contribution >= 0.6 is 11.8 Å². The Bertz CT molecular complexity index is 997. The van der Waals surface area contributed by atoms with Crippen molar-refractivity contribution in [2.45, 2.75) is 57.4 Å². The molecular weight excluding hydrogens is 376 g/mol. The Morgan fingerprint density at radius 3 is 2.14 bits per heavy atom. The van der Waals surface area contributed by atoms with Crippen molar-refractivity contribution in [1.29, 1.82) is 0 Å². The van der Waals surface area contributed by atoms with Crippen molar-refractivity contribution in [2.75, 3.05) is 11.1 Å². The van der Waals surface area contributed by atoms with E-state index in [0.29, 0.717) is 5.75 Å². The van der Waals surface area contributed by atoms with E-state index in [9.17, 15) is 4.79 Å². The largest absolute Gasteiger partial charge is 0.325 e. The van der Waals surface area contributed by atoms with E-state index in [1.165, 1.54) is 22.9 Å².